The fourth-order valence-electron chi connectivity index (χ4n) is 1.90. The van der Waals surface area contributed by atoms with Crippen LogP contribution < -0.4 is 10.2 Å². The van der Waals surface area contributed by atoms with Crippen molar-refractivity contribution >= 4 is 11.7 Å². The Labute approximate surface area is 104 Å². The molecule has 2 aromatic heterocycles. The highest BCUT2D eigenvalue weighted by Gasteiger charge is 2.22. The van der Waals surface area contributed by atoms with Crippen LogP contribution in [0.3, 0.4) is 0 Å². The van der Waals surface area contributed by atoms with E-state index in [1.165, 1.54) is 0 Å². The van der Waals surface area contributed by atoms with Gasteiger partial charge in [0, 0.05) is 20.3 Å². The number of carbonyl (C=O) groups excluding carboxylic acids is 1. The highest BCUT2D eigenvalue weighted by atomic mass is 16.2. The van der Waals surface area contributed by atoms with Crippen molar-refractivity contribution in [2.75, 3.05) is 19.0 Å². The van der Waals surface area contributed by atoms with Crippen LogP contribution in [0.25, 0.3) is 5.69 Å². The van der Waals surface area contributed by atoms with Gasteiger partial charge in [0.15, 0.2) is 0 Å². The van der Waals surface area contributed by atoms with Gasteiger partial charge in [-0.2, -0.15) is 5.10 Å². The van der Waals surface area contributed by atoms with Gasteiger partial charge >= 0.3 is 0 Å². The van der Waals surface area contributed by atoms with Crippen LogP contribution in [0.2, 0.25) is 0 Å². The molecule has 3 rings (SSSR count). The summed E-state index contributed by atoms with van der Waals surface area (Å²) in [5.74, 6) is 0.824. The van der Waals surface area contributed by atoms with E-state index in [0.717, 1.165) is 17.2 Å². The first-order valence-corrected chi connectivity index (χ1v) is 5.65. The summed E-state index contributed by atoms with van der Waals surface area (Å²) in [6, 6.07) is 3.85. The zero-order valence-electron chi connectivity index (χ0n) is 10.2. The molecular weight excluding hydrogens is 230 g/mol. The van der Waals surface area contributed by atoms with Crippen molar-refractivity contribution in [3.8, 4) is 5.69 Å². The highest BCUT2D eigenvalue weighted by Crippen LogP contribution is 2.17. The van der Waals surface area contributed by atoms with E-state index >= 15 is 0 Å². The van der Waals surface area contributed by atoms with E-state index in [0.29, 0.717) is 12.1 Å². The molecule has 18 heavy (non-hydrogen) atoms. The number of hydrogen-bond acceptors (Lipinski definition) is 4. The van der Waals surface area contributed by atoms with Crippen molar-refractivity contribution in [1.29, 1.82) is 0 Å². The summed E-state index contributed by atoms with van der Waals surface area (Å²) >= 11 is 0. The average Bonchev–Trinajstić information content (AvgIpc) is 2.92. The van der Waals surface area contributed by atoms with Gasteiger partial charge < -0.3 is 10.2 Å². The lowest BCUT2D eigenvalue weighted by Gasteiger charge is -2.11. The minimum atomic E-state index is -0.0610. The summed E-state index contributed by atoms with van der Waals surface area (Å²) in [4.78, 5) is 17.7. The molecule has 0 saturated heterocycles. The molecule has 0 aromatic carbocycles. The minimum Gasteiger partial charge on any atom is -0.363 e. The maximum atomic E-state index is 11.5. The van der Waals surface area contributed by atoms with Crippen LogP contribution in [-0.2, 0) is 6.54 Å². The standard InChI is InChI=1S/C12H13N5O/c1-16(2)11-4-3-8(5-13-11)17-7-9-10(15-17)6-14-12(9)18/h3-5,7H,6H2,1-2H3,(H,14,18). The molecule has 0 aliphatic carbocycles. The maximum absolute atomic E-state index is 11.5. The Hall–Kier alpha value is -2.37. The molecule has 3 heterocycles. The van der Waals surface area contributed by atoms with Gasteiger partial charge in [0.25, 0.3) is 5.91 Å². The van der Waals surface area contributed by atoms with E-state index < -0.39 is 0 Å². The number of rotatable bonds is 2. The van der Waals surface area contributed by atoms with Gasteiger partial charge in [0.2, 0.25) is 0 Å². The summed E-state index contributed by atoms with van der Waals surface area (Å²) in [6.45, 7) is 0.504. The van der Waals surface area contributed by atoms with E-state index in [-0.39, 0.29) is 5.91 Å². The third kappa shape index (κ3) is 1.62. The summed E-state index contributed by atoms with van der Waals surface area (Å²) in [5, 5.41) is 7.10. The zero-order valence-corrected chi connectivity index (χ0v) is 10.2. The normalized spacial score (nSPS) is 13.3. The molecule has 0 radical (unpaired) electrons. The number of aromatic nitrogens is 3. The Balaban J connectivity index is 1.95. The lowest BCUT2D eigenvalue weighted by atomic mass is 10.3. The van der Waals surface area contributed by atoms with E-state index in [9.17, 15) is 4.79 Å². The second kappa shape index (κ2) is 3.83. The predicted molar refractivity (Wildman–Crippen MR) is 66.9 cm³/mol. The third-order valence-corrected chi connectivity index (χ3v) is 2.91. The lowest BCUT2D eigenvalue weighted by molar-refractivity contribution is 0.0965. The van der Waals surface area contributed by atoms with Crippen LogP contribution in [0.5, 0.6) is 0 Å². The molecule has 6 heteroatoms. The van der Waals surface area contributed by atoms with Gasteiger partial charge in [-0.15, -0.1) is 0 Å². The first-order valence-electron chi connectivity index (χ1n) is 5.65. The minimum absolute atomic E-state index is 0.0610. The maximum Gasteiger partial charge on any atom is 0.255 e. The van der Waals surface area contributed by atoms with E-state index in [2.05, 4.69) is 15.4 Å². The predicted octanol–water partition coefficient (Wildman–Crippen LogP) is 0.577. The van der Waals surface area contributed by atoms with Gasteiger partial charge in [0.1, 0.15) is 5.82 Å². The molecule has 2 aromatic rings. The lowest BCUT2D eigenvalue weighted by Crippen LogP contribution is -2.14. The molecule has 0 saturated carbocycles. The number of anilines is 1. The zero-order chi connectivity index (χ0) is 12.7. The van der Waals surface area contributed by atoms with Crippen LogP contribution in [0.4, 0.5) is 5.82 Å². The summed E-state index contributed by atoms with van der Waals surface area (Å²) in [6.07, 6.45) is 3.49. The second-order valence-corrected chi connectivity index (χ2v) is 4.39. The molecule has 1 amide bonds. The topological polar surface area (TPSA) is 63.1 Å². The molecule has 1 N–H and O–H groups in total. The van der Waals surface area contributed by atoms with E-state index in [4.69, 9.17) is 0 Å². The highest BCUT2D eigenvalue weighted by molar-refractivity contribution is 5.97. The Morgan fingerprint density at radius 2 is 2.22 bits per heavy atom. The fraction of sp³-hybridized carbons (Fsp3) is 0.250. The fourth-order valence-corrected chi connectivity index (χ4v) is 1.90. The van der Waals surface area contributed by atoms with Crippen LogP contribution >= 0.6 is 0 Å². The first-order chi connectivity index (χ1) is 8.65. The number of hydrogen-bond donors (Lipinski definition) is 1. The molecule has 0 unspecified atom stereocenters. The molecule has 0 bridgehead atoms. The molecule has 6 nitrogen and oxygen atoms in total. The van der Waals surface area contributed by atoms with Crippen LogP contribution in [0.1, 0.15) is 16.1 Å². The second-order valence-electron chi connectivity index (χ2n) is 4.39. The molecule has 0 fully saturated rings. The van der Waals surface area contributed by atoms with Gasteiger partial charge in [-0.25, -0.2) is 9.67 Å². The summed E-state index contributed by atoms with van der Waals surface area (Å²) < 4.78 is 1.69. The molecule has 0 spiro atoms. The van der Waals surface area contributed by atoms with Crippen molar-refractivity contribution in [2.24, 2.45) is 0 Å². The number of carbonyl (C=O) groups is 1. The number of amides is 1. The van der Waals surface area contributed by atoms with Gasteiger partial charge in [-0.1, -0.05) is 0 Å². The third-order valence-electron chi connectivity index (χ3n) is 2.91. The number of fused-ring (bicyclic) bond motifs is 1. The largest absolute Gasteiger partial charge is 0.363 e. The van der Waals surface area contributed by atoms with Gasteiger partial charge in [0.05, 0.1) is 29.7 Å². The Bertz CT molecular complexity index is 599. The van der Waals surface area contributed by atoms with Crippen molar-refractivity contribution in [1.82, 2.24) is 20.1 Å². The SMILES string of the molecule is CN(C)c1ccc(-n2cc3c(n2)CNC3=O)cn1. The molecule has 1 aliphatic heterocycles. The van der Waals surface area contributed by atoms with Gasteiger partial charge in [-0.05, 0) is 12.1 Å². The Morgan fingerprint density at radius 3 is 2.83 bits per heavy atom. The number of nitrogens with zero attached hydrogens (tertiary/aromatic N) is 4. The smallest absolute Gasteiger partial charge is 0.255 e. The number of nitrogens with one attached hydrogen (secondary N) is 1. The van der Waals surface area contributed by atoms with Crippen LogP contribution in [0.15, 0.2) is 24.5 Å². The molecular formula is C12H13N5O. The number of pyridine rings is 1. The van der Waals surface area contributed by atoms with E-state index in [1.54, 1.807) is 17.1 Å². The summed E-state index contributed by atoms with van der Waals surface area (Å²) in [7, 11) is 3.88. The Morgan fingerprint density at radius 1 is 1.39 bits per heavy atom. The van der Waals surface area contributed by atoms with Gasteiger partial charge in [-0.3, -0.25) is 4.79 Å². The van der Waals surface area contributed by atoms with Crippen molar-refractivity contribution in [3.63, 3.8) is 0 Å². The molecule has 1 aliphatic rings. The average molecular weight is 243 g/mol. The summed E-state index contributed by atoms with van der Waals surface area (Å²) in [5.41, 5.74) is 2.28. The first kappa shape index (κ1) is 10.8. The van der Waals surface area contributed by atoms with E-state index in [1.807, 2.05) is 31.1 Å². The van der Waals surface area contributed by atoms with Crippen LogP contribution in [-0.4, -0.2) is 34.8 Å². The Kier molecular flexibility index (Phi) is 2.29. The van der Waals surface area contributed by atoms with Crippen LogP contribution in [0, 0.1) is 0 Å². The molecule has 0 atom stereocenters. The monoisotopic (exact) mass is 243 g/mol. The van der Waals surface area contributed by atoms with Crippen molar-refractivity contribution < 1.29 is 4.79 Å². The molecule has 92 valence electrons. The van der Waals surface area contributed by atoms with Crippen molar-refractivity contribution in [3.05, 3.63) is 35.8 Å². The van der Waals surface area contributed by atoms with Crippen molar-refractivity contribution in [2.45, 2.75) is 6.54 Å². The quantitative estimate of drug-likeness (QED) is 0.838.